The molecule has 2 aromatic heterocycles. The van der Waals surface area contributed by atoms with Gasteiger partial charge in [-0.15, -0.1) is 11.3 Å². The molecule has 1 atom stereocenters. The van der Waals surface area contributed by atoms with Gasteiger partial charge in [-0.2, -0.15) is 5.10 Å². The van der Waals surface area contributed by atoms with Crippen molar-refractivity contribution >= 4 is 11.3 Å². The van der Waals surface area contributed by atoms with Crippen LogP contribution in [0.2, 0.25) is 0 Å². The van der Waals surface area contributed by atoms with Crippen molar-refractivity contribution in [3.63, 3.8) is 0 Å². The smallest absolute Gasteiger partial charge is 0.0897 e. The third kappa shape index (κ3) is 2.79. The van der Waals surface area contributed by atoms with E-state index >= 15 is 0 Å². The zero-order valence-electron chi connectivity index (χ0n) is 11.4. The Morgan fingerprint density at radius 1 is 1.44 bits per heavy atom. The second-order valence-corrected chi connectivity index (χ2v) is 5.54. The zero-order chi connectivity index (χ0) is 13.1. The van der Waals surface area contributed by atoms with Crippen molar-refractivity contribution in [1.29, 1.82) is 0 Å². The number of thiazole rings is 1. The Morgan fingerprint density at radius 3 is 2.72 bits per heavy atom. The van der Waals surface area contributed by atoms with Crippen molar-refractivity contribution in [3.05, 3.63) is 33.5 Å². The van der Waals surface area contributed by atoms with Gasteiger partial charge >= 0.3 is 0 Å². The number of hydrogen-bond acceptors (Lipinski definition) is 4. The van der Waals surface area contributed by atoms with Gasteiger partial charge in [-0.3, -0.25) is 4.68 Å². The molecule has 0 aliphatic heterocycles. The average Bonchev–Trinajstić information content (AvgIpc) is 2.87. The fourth-order valence-corrected chi connectivity index (χ4v) is 2.73. The second kappa shape index (κ2) is 5.63. The summed E-state index contributed by atoms with van der Waals surface area (Å²) in [4.78, 5) is 4.55. The number of aryl methyl sites for hydroxylation is 2. The molecular formula is C13H20N4S. The standard InChI is InChI=1S/C13H20N4S/c1-5-14-13(6-11-8-18-10(3)16-11)12-7-15-17(4)9(12)2/h7-8,13-14H,5-6H2,1-4H3. The van der Waals surface area contributed by atoms with Gasteiger partial charge in [0, 0.05) is 36.1 Å². The van der Waals surface area contributed by atoms with Crippen molar-refractivity contribution in [2.45, 2.75) is 33.2 Å². The molecular weight excluding hydrogens is 244 g/mol. The molecule has 0 aliphatic carbocycles. The van der Waals surface area contributed by atoms with Crippen LogP contribution in [-0.2, 0) is 13.5 Å². The molecule has 0 bridgehead atoms. The molecule has 0 saturated carbocycles. The second-order valence-electron chi connectivity index (χ2n) is 4.48. The lowest BCUT2D eigenvalue weighted by molar-refractivity contribution is 0.541. The predicted molar refractivity (Wildman–Crippen MR) is 74.9 cm³/mol. The van der Waals surface area contributed by atoms with Crippen molar-refractivity contribution in [2.75, 3.05) is 6.54 Å². The highest BCUT2D eigenvalue weighted by molar-refractivity contribution is 7.09. The molecule has 0 spiro atoms. The summed E-state index contributed by atoms with van der Waals surface area (Å²) >= 11 is 1.71. The Balaban J connectivity index is 2.20. The van der Waals surface area contributed by atoms with Gasteiger partial charge in [0.1, 0.15) is 0 Å². The first kappa shape index (κ1) is 13.2. The van der Waals surface area contributed by atoms with Crippen LogP contribution in [0, 0.1) is 13.8 Å². The minimum atomic E-state index is 0.296. The summed E-state index contributed by atoms with van der Waals surface area (Å²) < 4.78 is 1.92. The summed E-state index contributed by atoms with van der Waals surface area (Å²) in [7, 11) is 1.98. The monoisotopic (exact) mass is 264 g/mol. The summed E-state index contributed by atoms with van der Waals surface area (Å²) in [5.74, 6) is 0. The molecule has 0 fully saturated rings. The van der Waals surface area contributed by atoms with Crippen LogP contribution in [0.15, 0.2) is 11.6 Å². The third-order valence-corrected chi connectivity index (χ3v) is 4.00. The minimum Gasteiger partial charge on any atom is -0.310 e. The lowest BCUT2D eigenvalue weighted by Crippen LogP contribution is -2.23. The number of aromatic nitrogens is 3. The maximum Gasteiger partial charge on any atom is 0.0897 e. The molecule has 2 aromatic rings. The first-order chi connectivity index (χ1) is 8.61. The van der Waals surface area contributed by atoms with Crippen LogP contribution < -0.4 is 5.32 Å². The molecule has 0 amide bonds. The summed E-state index contributed by atoms with van der Waals surface area (Å²) in [5.41, 5.74) is 3.64. The van der Waals surface area contributed by atoms with Crippen LogP contribution in [0.5, 0.6) is 0 Å². The number of hydrogen-bond donors (Lipinski definition) is 1. The van der Waals surface area contributed by atoms with Crippen LogP contribution in [-0.4, -0.2) is 21.3 Å². The SMILES string of the molecule is CCNC(Cc1csc(C)n1)c1cnn(C)c1C. The lowest BCUT2D eigenvalue weighted by Gasteiger charge is -2.16. The summed E-state index contributed by atoms with van der Waals surface area (Å²) in [5, 5.41) is 11.1. The van der Waals surface area contributed by atoms with Gasteiger partial charge in [-0.05, 0) is 20.4 Å². The number of nitrogens with one attached hydrogen (secondary N) is 1. The Morgan fingerprint density at radius 2 is 2.22 bits per heavy atom. The van der Waals surface area contributed by atoms with Gasteiger partial charge in [-0.25, -0.2) is 4.98 Å². The fraction of sp³-hybridized carbons (Fsp3) is 0.538. The molecule has 4 nitrogen and oxygen atoms in total. The van der Waals surface area contributed by atoms with E-state index in [4.69, 9.17) is 0 Å². The molecule has 2 rings (SSSR count). The summed E-state index contributed by atoms with van der Waals surface area (Å²) in [6, 6.07) is 0.296. The molecule has 0 saturated heterocycles. The Labute approximate surface area is 112 Å². The maximum atomic E-state index is 4.55. The Kier molecular flexibility index (Phi) is 4.14. The molecule has 2 heterocycles. The third-order valence-electron chi connectivity index (χ3n) is 3.18. The van der Waals surface area contributed by atoms with Crippen molar-refractivity contribution in [3.8, 4) is 0 Å². The first-order valence-electron chi connectivity index (χ1n) is 6.24. The molecule has 5 heteroatoms. The van der Waals surface area contributed by atoms with Crippen LogP contribution in [0.3, 0.4) is 0 Å². The van der Waals surface area contributed by atoms with E-state index in [-0.39, 0.29) is 0 Å². The van der Waals surface area contributed by atoms with E-state index in [1.54, 1.807) is 11.3 Å². The molecule has 18 heavy (non-hydrogen) atoms. The fourth-order valence-electron chi connectivity index (χ4n) is 2.11. The van der Waals surface area contributed by atoms with Gasteiger partial charge in [-0.1, -0.05) is 6.92 Å². The quantitative estimate of drug-likeness (QED) is 0.901. The highest BCUT2D eigenvalue weighted by atomic mass is 32.1. The average molecular weight is 264 g/mol. The molecule has 0 aromatic carbocycles. The topological polar surface area (TPSA) is 42.7 Å². The number of rotatable bonds is 5. The van der Waals surface area contributed by atoms with Gasteiger partial charge < -0.3 is 5.32 Å². The van der Waals surface area contributed by atoms with Gasteiger partial charge in [0.15, 0.2) is 0 Å². The van der Waals surface area contributed by atoms with E-state index in [0.717, 1.165) is 23.7 Å². The van der Waals surface area contributed by atoms with Gasteiger partial charge in [0.2, 0.25) is 0 Å². The number of nitrogens with zero attached hydrogens (tertiary/aromatic N) is 3. The van der Waals surface area contributed by atoms with Crippen LogP contribution in [0.25, 0.3) is 0 Å². The van der Waals surface area contributed by atoms with Gasteiger partial charge in [0.05, 0.1) is 16.9 Å². The molecule has 0 radical (unpaired) electrons. The van der Waals surface area contributed by atoms with Crippen LogP contribution in [0.4, 0.5) is 0 Å². The number of likely N-dealkylation sites (N-methyl/N-ethyl adjacent to an activating group) is 1. The van der Waals surface area contributed by atoms with Crippen molar-refractivity contribution < 1.29 is 0 Å². The van der Waals surface area contributed by atoms with E-state index in [2.05, 4.69) is 34.6 Å². The Bertz CT molecular complexity index is 515. The van der Waals surface area contributed by atoms with E-state index in [9.17, 15) is 0 Å². The van der Waals surface area contributed by atoms with E-state index in [1.165, 1.54) is 11.3 Å². The zero-order valence-corrected chi connectivity index (χ0v) is 12.2. The highest BCUT2D eigenvalue weighted by Crippen LogP contribution is 2.22. The maximum absolute atomic E-state index is 4.55. The highest BCUT2D eigenvalue weighted by Gasteiger charge is 2.17. The largest absolute Gasteiger partial charge is 0.310 e. The van der Waals surface area contributed by atoms with E-state index in [0.29, 0.717) is 6.04 Å². The molecule has 98 valence electrons. The molecule has 1 unspecified atom stereocenters. The summed E-state index contributed by atoms with van der Waals surface area (Å²) in [6.07, 6.45) is 2.88. The van der Waals surface area contributed by atoms with E-state index < -0.39 is 0 Å². The first-order valence-corrected chi connectivity index (χ1v) is 7.12. The summed E-state index contributed by atoms with van der Waals surface area (Å²) in [6.45, 7) is 7.23. The van der Waals surface area contributed by atoms with Crippen LogP contribution >= 0.6 is 11.3 Å². The predicted octanol–water partition coefficient (Wildman–Crippen LogP) is 2.39. The van der Waals surface area contributed by atoms with E-state index in [1.807, 2.05) is 24.9 Å². The molecule has 1 N–H and O–H groups in total. The van der Waals surface area contributed by atoms with Crippen molar-refractivity contribution in [1.82, 2.24) is 20.1 Å². The lowest BCUT2D eigenvalue weighted by atomic mass is 10.0. The van der Waals surface area contributed by atoms with Gasteiger partial charge in [0.25, 0.3) is 0 Å². The Hall–Kier alpha value is -1.20. The molecule has 0 aliphatic rings. The normalized spacial score (nSPS) is 12.9. The van der Waals surface area contributed by atoms with Crippen molar-refractivity contribution in [2.24, 2.45) is 7.05 Å². The van der Waals surface area contributed by atoms with Crippen LogP contribution in [0.1, 0.15) is 34.9 Å². The minimum absolute atomic E-state index is 0.296.